The quantitative estimate of drug-likeness (QED) is 0.661. The molecule has 0 bridgehead atoms. The first-order valence-corrected chi connectivity index (χ1v) is 6.79. The van der Waals surface area contributed by atoms with Gasteiger partial charge in [-0.1, -0.05) is 0 Å². The lowest BCUT2D eigenvalue weighted by molar-refractivity contribution is -0.343. The van der Waals surface area contributed by atoms with Crippen LogP contribution in [0.1, 0.15) is 41.5 Å². The number of ether oxygens (including phenoxy) is 4. The summed E-state index contributed by atoms with van der Waals surface area (Å²) in [5, 5.41) is 12.7. The van der Waals surface area contributed by atoms with Crippen LogP contribution in [0.2, 0.25) is 0 Å². The van der Waals surface area contributed by atoms with Gasteiger partial charge in [-0.3, -0.25) is 5.32 Å². The first kappa shape index (κ1) is 19.1. The monoisotopic (exact) mass is 293 g/mol. The first-order chi connectivity index (χ1) is 9.18. The minimum Gasteiger partial charge on any atom is -0.444 e. The Hall–Kier alpha value is -0.890. The van der Waals surface area contributed by atoms with E-state index in [1.54, 1.807) is 41.5 Å². The molecule has 0 aliphatic heterocycles. The van der Waals surface area contributed by atoms with Crippen LogP contribution >= 0.6 is 0 Å². The summed E-state index contributed by atoms with van der Waals surface area (Å²) in [6.45, 7) is 11.0. The van der Waals surface area contributed by atoms with Gasteiger partial charge in [-0.05, 0) is 41.5 Å². The van der Waals surface area contributed by atoms with Crippen LogP contribution in [0.4, 0.5) is 4.79 Å². The van der Waals surface area contributed by atoms with E-state index in [1.165, 1.54) is 0 Å². The van der Waals surface area contributed by atoms with Crippen molar-refractivity contribution in [2.24, 2.45) is 0 Å². The Balaban J connectivity index is 4.91. The highest BCUT2D eigenvalue weighted by atomic mass is 16.8. The van der Waals surface area contributed by atoms with Gasteiger partial charge in [0.15, 0.2) is 0 Å². The van der Waals surface area contributed by atoms with E-state index in [2.05, 4.69) is 5.32 Å². The number of carbonyl (C=O) groups excluding carboxylic acids is 1. The van der Waals surface area contributed by atoms with Crippen molar-refractivity contribution in [3.05, 3.63) is 0 Å². The van der Waals surface area contributed by atoms with E-state index in [-0.39, 0.29) is 19.8 Å². The zero-order valence-electron chi connectivity index (χ0n) is 13.2. The molecule has 0 aromatic rings. The van der Waals surface area contributed by atoms with Crippen LogP contribution in [0, 0.1) is 0 Å². The summed E-state index contributed by atoms with van der Waals surface area (Å²) in [6, 6.07) is 0. The zero-order chi connectivity index (χ0) is 15.8. The van der Waals surface area contributed by atoms with Gasteiger partial charge in [0.1, 0.15) is 5.60 Å². The summed E-state index contributed by atoms with van der Waals surface area (Å²) in [5.41, 5.74) is -0.691. The van der Waals surface area contributed by atoms with Crippen molar-refractivity contribution in [3.8, 4) is 0 Å². The molecule has 0 saturated heterocycles. The third kappa shape index (κ3) is 7.04. The molecule has 0 spiro atoms. The molecule has 0 rings (SSSR count). The van der Waals surface area contributed by atoms with Crippen molar-refractivity contribution in [2.45, 2.75) is 59.3 Å². The molecule has 0 aromatic carbocycles. The number of hydrogen-bond donors (Lipinski definition) is 2. The molecule has 1 amide bonds. The Morgan fingerprint density at radius 1 is 1.10 bits per heavy atom. The van der Waals surface area contributed by atoms with Gasteiger partial charge in [0, 0.05) is 19.8 Å². The number of alkyl carbamates (subject to hydrolysis) is 1. The lowest BCUT2D eigenvalue weighted by Gasteiger charge is -2.35. The van der Waals surface area contributed by atoms with E-state index in [1.807, 2.05) is 0 Å². The minimum absolute atomic E-state index is 0.156. The summed E-state index contributed by atoms with van der Waals surface area (Å²) in [7, 11) is 0. The molecular weight excluding hydrogens is 266 g/mol. The van der Waals surface area contributed by atoms with Crippen LogP contribution in [0.15, 0.2) is 0 Å². The molecule has 0 aromatic heterocycles. The Morgan fingerprint density at radius 2 is 1.60 bits per heavy atom. The molecule has 1 atom stereocenters. The number of rotatable bonds is 8. The predicted molar refractivity (Wildman–Crippen MR) is 73.0 cm³/mol. The zero-order valence-corrected chi connectivity index (χ0v) is 13.2. The van der Waals surface area contributed by atoms with Crippen molar-refractivity contribution in [3.63, 3.8) is 0 Å². The summed E-state index contributed by atoms with van der Waals surface area (Å²) >= 11 is 0. The van der Waals surface area contributed by atoms with E-state index < -0.39 is 23.9 Å². The topological polar surface area (TPSA) is 86.2 Å². The molecule has 0 radical (unpaired) electrons. The second kappa shape index (κ2) is 8.41. The second-order valence-corrected chi connectivity index (χ2v) is 5.00. The van der Waals surface area contributed by atoms with Crippen LogP contribution < -0.4 is 5.32 Å². The Morgan fingerprint density at radius 3 is 1.95 bits per heavy atom. The van der Waals surface area contributed by atoms with E-state index in [0.29, 0.717) is 0 Å². The van der Waals surface area contributed by atoms with Gasteiger partial charge in [0.25, 0.3) is 0 Å². The normalized spacial score (nSPS) is 15.0. The number of amides is 1. The molecule has 7 nitrogen and oxygen atoms in total. The summed E-state index contributed by atoms with van der Waals surface area (Å²) < 4.78 is 20.8. The van der Waals surface area contributed by atoms with Gasteiger partial charge in [-0.2, -0.15) is 0 Å². The van der Waals surface area contributed by atoms with Gasteiger partial charge in [0.05, 0.1) is 0 Å². The average Bonchev–Trinajstić information content (AvgIpc) is 2.26. The molecular formula is C13H27NO6. The first-order valence-electron chi connectivity index (χ1n) is 6.79. The molecule has 2 N–H and O–H groups in total. The SMILES string of the molecule is CCOC(OCC)C(O)(NC(=O)OC(C)(C)C)OCC. The van der Waals surface area contributed by atoms with Crippen LogP contribution in [-0.2, 0) is 18.9 Å². The molecule has 1 unspecified atom stereocenters. The molecule has 0 aliphatic carbocycles. The molecule has 0 fully saturated rings. The van der Waals surface area contributed by atoms with E-state index in [0.717, 1.165) is 0 Å². The summed E-state index contributed by atoms with van der Waals surface area (Å²) in [6.07, 6.45) is -1.97. The minimum atomic E-state index is -2.11. The molecule has 20 heavy (non-hydrogen) atoms. The van der Waals surface area contributed by atoms with Gasteiger partial charge in [-0.25, -0.2) is 4.79 Å². The molecule has 0 aliphatic rings. The van der Waals surface area contributed by atoms with E-state index in [4.69, 9.17) is 18.9 Å². The van der Waals surface area contributed by atoms with Crippen LogP contribution in [-0.4, -0.2) is 48.8 Å². The van der Waals surface area contributed by atoms with Gasteiger partial charge in [-0.15, -0.1) is 0 Å². The number of aliphatic hydroxyl groups is 1. The van der Waals surface area contributed by atoms with Gasteiger partial charge >= 0.3 is 12.0 Å². The molecule has 0 heterocycles. The predicted octanol–water partition coefficient (Wildman–Crippen LogP) is 1.59. The second-order valence-electron chi connectivity index (χ2n) is 5.00. The van der Waals surface area contributed by atoms with Crippen molar-refractivity contribution in [1.82, 2.24) is 5.32 Å². The maximum absolute atomic E-state index is 11.8. The van der Waals surface area contributed by atoms with Crippen molar-refractivity contribution in [2.75, 3.05) is 19.8 Å². The maximum Gasteiger partial charge on any atom is 0.411 e. The van der Waals surface area contributed by atoms with E-state index in [9.17, 15) is 9.90 Å². The van der Waals surface area contributed by atoms with Crippen molar-refractivity contribution < 1.29 is 28.8 Å². The van der Waals surface area contributed by atoms with Crippen LogP contribution in [0.3, 0.4) is 0 Å². The van der Waals surface area contributed by atoms with Crippen molar-refractivity contribution in [1.29, 1.82) is 0 Å². The Kier molecular flexibility index (Phi) is 8.03. The lowest BCUT2D eigenvalue weighted by Crippen LogP contribution is -2.61. The number of hydrogen-bond acceptors (Lipinski definition) is 6. The van der Waals surface area contributed by atoms with Crippen molar-refractivity contribution >= 4 is 6.09 Å². The lowest BCUT2D eigenvalue weighted by atomic mass is 10.2. The summed E-state index contributed by atoms with van der Waals surface area (Å²) in [4.78, 5) is 11.8. The number of carbonyl (C=O) groups is 1. The third-order valence-electron chi connectivity index (χ3n) is 2.00. The maximum atomic E-state index is 11.8. The van der Waals surface area contributed by atoms with Crippen LogP contribution in [0.25, 0.3) is 0 Å². The average molecular weight is 293 g/mol. The fourth-order valence-electron chi connectivity index (χ4n) is 1.41. The Bertz CT molecular complexity index is 285. The highest BCUT2D eigenvalue weighted by molar-refractivity contribution is 5.68. The van der Waals surface area contributed by atoms with E-state index >= 15 is 0 Å². The van der Waals surface area contributed by atoms with Crippen LogP contribution in [0.5, 0.6) is 0 Å². The molecule has 120 valence electrons. The molecule has 7 heteroatoms. The van der Waals surface area contributed by atoms with Gasteiger partial charge in [0.2, 0.25) is 6.29 Å². The molecule has 0 saturated carbocycles. The third-order valence-corrected chi connectivity index (χ3v) is 2.00. The standard InChI is InChI=1S/C13H27NO6/c1-7-17-10(18-8-2)13(16,19-9-3)14-11(15)20-12(4,5)6/h10,16H,7-9H2,1-6H3,(H,14,15). The smallest absolute Gasteiger partial charge is 0.411 e. The fraction of sp³-hybridized carbons (Fsp3) is 0.923. The highest BCUT2D eigenvalue weighted by Crippen LogP contribution is 2.16. The highest BCUT2D eigenvalue weighted by Gasteiger charge is 2.42. The largest absolute Gasteiger partial charge is 0.444 e. The fourth-order valence-corrected chi connectivity index (χ4v) is 1.41. The summed E-state index contributed by atoms with van der Waals surface area (Å²) in [5.74, 6) is -2.11. The van der Waals surface area contributed by atoms with Gasteiger partial charge < -0.3 is 24.1 Å². The number of nitrogens with one attached hydrogen (secondary N) is 1. The Labute approximate surface area is 120 Å².